The van der Waals surface area contributed by atoms with Crippen LogP contribution in [0.5, 0.6) is 0 Å². The predicted octanol–water partition coefficient (Wildman–Crippen LogP) is -0.759. The van der Waals surface area contributed by atoms with Gasteiger partial charge in [-0.15, -0.1) is 0 Å². The van der Waals surface area contributed by atoms with E-state index in [0.29, 0.717) is 36.9 Å². The van der Waals surface area contributed by atoms with Gasteiger partial charge in [0, 0.05) is 24.4 Å². The van der Waals surface area contributed by atoms with Gasteiger partial charge in [-0.3, -0.25) is 4.79 Å². The Morgan fingerprint density at radius 2 is 2.15 bits per heavy atom. The van der Waals surface area contributed by atoms with Gasteiger partial charge in [-0.25, -0.2) is 0 Å². The summed E-state index contributed by atoms with van der Waals surface area (Å²) in [5, 5.41) is 0. The van der Waals surface area contributed by atoms with Gasteiger partial charge in [-0.05, 0) is 23.1 Å². The molecule has 1 aromatic rings. The SMILES string of the molecule is C[N+]12CC[C@@]34c5ccccc5N5C(=O)C[C@@H]6OCC=C(C1)[C@H](C[C@@H]32)[C@@H]6[C@H]54.[I-]. The van der Waals surface area contributed by atoms with Gasteiger partial charge in [-0.2, -0.15) is 0 Å². The quantitative estimate of drug-likeness (QED) is 0.280. The van der Waals surface area contributed by atoms with Crippen LogP contribution < -0.4 is 28.9 Å². The van der Waals surface area contributed by atoms with E-state index in [1.54, 1.807) is 5.57 Å². The van der Waals surface area contributed by atoms with Crippen molar-refractivity contribution in [3.63, 3.8) is 0 Å². The molecular formula is C22H25IN2O2. The lowest BCUT2D eigenvalue weighted by molar-refractivity contribution is -0.925. The number of hydrogen-bond donors (Lipinski definition) is 0. The molecule has 4 nitrogen and oxygen atoms in total. The monoisotopic (exact) mass is 476 g/mol. The summed E-state index contributed by atoms with van der Waals surface area (Å²) in [6.45, 7) is 3.12. The highest BCUT2D eigenvalue weighted by atomic mass is 127. The number of anilines is 1. The summed E-state index contributed by atoms with van der Waals surface area (Å²) in [4.78, 5) is 15.5. The molecule has 1 aliphatic carbocycles. The maximum absolute atomic E-state index is 13.3. The molecule has 1 amide bonds. The first kappa shape index (κ1) is 17.0. The maximum atomic E-state index is 13.3. The Labute approximate surface area is 177 Å². The molecule has 3 saturated heterocycles. The Morgan fingerprint density at radius 1 is 1.30 bits per heavy atom. The van der Waals surface area contributed by atoms with E-state index in [4.69, 9.17) is 4.74 Å². The molecule has 7 atom stereocenters. The first-order valence-electron chi connectivity index (χ1n) is 10.2. The smallest absolute Gasteiger partial charge is 0.229 e. The van der Waals surface area contributed by atoms with Crippen molar-refractivity contribution in [1.82, 2.24) is 0 Å². The Hall–Kier alpha value is -0.920. The number of likely N-dealkylation sites (N-methyl/N-ethyl adjacent to an activating group) is 1. The van der Waals surface area contributed by atoms with Gasteiger partial charge in [0.05, 0.1) is 44.2 Å². The number of para-hydroxylation sites is 1. The number of halogens is 1. The van der Waals surface area contributed by atoms with Crippen LogP contribution in [-0.2, 0) is 14.9 Å². The van der Waals surface area contributed by atoms with Gasteiger partial charge in [0.2, 0.25) is 5.91 Å². The fraction of sp³-hybridized carbons (Fsp3) is 0.591. The molecule has 142 valence electrons. The molecule has 4 fully saturated rings. The number of hydrogen-bond acceptors (Lipinski definition) is 2. The minimum atomic E-state index is 0. The summed E-state index contributed by atoms with van der Waals surface area (Å²) in [5.41, 5.74) is 4.43. The third kappa shape index (κ3) is 1.72. The molecule has 1 unspecified atom stereocenters. The van der Waals surface area contributed by atoms with Crippen molar-refractivity contribution in [3.05, 3.63) is 41.5 Å². The Bertz CT molecular complexity index is 900. The van der Waals surface area contributed by atoms with Gasteiger partial charge >= 0.3 is 0 Å². The Balaban J connectivity index is 0.00000146. The predicted molar refractivity (Wildman–Crippen MR) is 97.8 cm³/mol. The highest BCUT2D eigenvalue weighted by Gasteiger charge is 2.75. The zero-order valence-electron chi connectivity index (χ0n) is 15.6. The van der Waals surface area contributed by atoms with Crippen LogP contribution >= 0.6 is 0 Å². The van der Waals surface area contributed by atoms with Crippen LogP contribution in [-0.4, -0.2) is 55.3 Å². The van der Waals surface area contributed by atoms with Crippen LogP contribution in [0.25, 0.3) is 0 Å². The number of carbonyl (C=O) groups excluding carboxylic acids is 1. The summed E-state index contributed by atoms with van der Waals surface area (Å²) in [6.07, 6.45) is 5.51. The third-order valence-electron chi connectivity index (χ3n) is 8.91. The van der Waals surface area contributed by atoms with Gasteiger partial charge in [0.1, 0.15) is 12.6 Å². The Morgan fingerprint density at radius 3 is 3.04 bits per heavy atom. The van der Waals surface area contributed by atoms with Crippen molar-refractivity contribution in [2.75, 3.05) is 31.6 Å². The summed E-state index contributed by atoms with van der Waals surface area (Å²) >= 11 is 0. The minimum absolute atomic E-state index is 0. The molecule has 0 radical (unpaired) electrons. The average molecular weight is 476 g/mol. The molecule has 6 aliphatic rings. The lowest BCUT2D eigenvalue weighted by Crippen LogP contribution is -3.00. The highest BCUT2D eigenvalue weighted by Crippen LogP contribution is 2.67. The zero-order chi connectivity index (χ0) is 17.3. The van der Waals surface area contributed by atoms with Crippen molar-refractivity contribution in [2.24, 2.45) is 11.8 Å². The second-order valence-electron chi connectivity index (χ2n) is 9.67. The molecule has 1 aromatic carbocycles. The van der Waals surface area contributed by atoms with Crippen molar-refractivity contribution in [1.29, 1.82) is 0 Å². The number of nitrogens with zero attached hydrogens (tertiary/aromatic N) is 2. The fourth-order valence-electron chi connectivity index (χ4n) is 8.14. The van der Waals surface area contributed by atoms with Crippen molar-refractivity contribution >= 4 is 11.6 Å². The zero-order valence-corrected chi connectivity index (χ0v) is 17.8. The second-order valence-corrected chi connectivity index (χ2v) is 9.67. The van der Waals surface area contributed by atoms with Gasteiger partial charge < -0.3 is 38.1 Å². The summed E-state index contributed by atoms with van der Waals surface area (Å²) < 4.78 is 7.45. The molecular weight excluding hydrogens is 451 g/mol. The molecule has 1 spiro atoms. The standard InChI is InChI=1S/C22H25N2O2.HI/c1-24-8-7-22-15-4-2-3-5-16(15)23-19(25)11-17-20(21(22)23)14(10-18(22)24)13(12-24)6-9-26-17;/h2-6,14,17-18,20-21H,7-12H2,1H3;1H/q+1;/p-1/t14-,17-,18-,20-,21-,22+,24?;/m0./s1. The van der Waals surface area contributed by atoms with E-state index >= 15 is 0 Å². The molecule has 5 aliphatic heterocycles. The molecule has 1 saturated carbocycles. The van der Waals surface area contributed by atoms with Crippen LogP contribution in [0.3, 0.4) is 0 Å². The number of amides is 1. The number of carbonyl (C=O) groups is 1. The molecule has 7 rings (SSSR count). The van der Waals surface area contributed by atoms with Crippen LogP contribution in [0.15, 0.2) is 35.9 Å². The summed E-state index contributed by atoms with van der Waals surface area (Å²) in [6, 6.07) is 9.76. The third-order valence-corrected chi connectivity index (χ3v) is 8.91. The lowest BCUT2D eigenvalue weighted by Gasteiger charge is -2.59. The minimum Gasteiger partial charge on any atom is -1.00 e. The van der Waals surface area contributed by atoms with Gasteiger partial charge in [0.25, 0.3) is 0 Å². The number of ether oxygens (including phenoxy) is 1. The van der Waals surface area contributed by atoms with Crippen molar-refractivity contribution in [3.8, 4) is 0 Å². The Kier molecular flexibility index (Phi) is 3.25. The van der Waals surface area contributed by atoms with E-state index in [1.807, 2.05) is 0 Å². The average Bonchev–Trinajstić information content (AvgIpc) is 3.05. The van der Waals surface area contributed by atoms with E-state index in [9.17, 15) is 4.79 Å². The van der Waals surface area contributed by atoms with Gasteiger partial charge in [-0.1, -0.05) is 24.3 Å². The highest BCUT2D eigenvalue weighted by molar-refractivity contribution is 5.99. The normalized spacial score (nSPS) is 47.7. The topological polar surface area (TPSA) is 29.5 Å². The number of fused-ring (bicyclic) bond motifs is 2. The fourth-order valence-corrected chi connectivity index (χ4v) is 8.14. The van der Waals surface area contributed by atoms with Crippen molar-refractivity contribution < 1.29 is 38.0 Å². The van der Waals surface area contributed by atoms with Crippen LogP contribution in [0.2, 0.25) is 0 Å². The first-order chi connectivity index (χ1) is 12.6. The molecule has 5 heterocycles. The van der Waals surface area contributed by atoms with Gasteiger partial charge in [0.15, 0.2) is 0 Å². The molecule has 0 aromatic heterocycles. The van der Waals surface area contributed by atoms with E-state index in [-0.39, 0.29) is 41.4 Å². The number of quaternary nitrogens is 1. The molecule has 2 bridgehead atoms. The lowest BCUT2D eigenvalue weighted by atomic mass is 9.53. The number of piperidine rings is 2. The molecule has 0 N–H and O–H groups in total. The largest absolute Gasteiger partial charge is 1.00 e. The molecule has 27 heavy (non-hydrogen) atoms. The van der Waals surface area contributed by atoms with Crippen molar-refractivity contribution in [2.45, 2.75) is 42.9 Å². The maximum Gasteiger partial charge on any atom is 0.229 e. The molecule has 5 heteroatoms. The number of benzene rings is 1. The first-order valence-corrected chi connectivity index (χ1v) is 10.2. The van der Waals surface area contributed by atoms with E-state index < -0.39 is 0 Å². The van der Waals surface area contributed by atoms with E-state index in [1.165, 1.54) is 37.2 Å². The van der Waals surface area contributed by atoms with Crippen LogP contribution in [0.4, 0.5) is 5.69 Å². The summed E-state index contributed by atoms with van der Waals surface area (Å²) in [5.74, 6) is 1.36. The van der Waals surface area contributed by atoms with Crippen LogP contribution in [0, 0.1) is 11.8 Å². The van der Waals surface area contributed by atoms with Crippen LogP contribution in [0.1, 0.15) is 24.8 Å². The number of rotatable bonds is 0. The van der Waals surface area contributed by atoms with E-state index in [0.717, 1.165) is 4.48 Å². The summed E-state index contributed by atoms with van der Waals surface area (Å²) in [7, 11) is 2.47. The second kappa shape index (κ2) is 5.16. The van der Waals surface area contributed by atoms with E-state index in [2.05, 4.69) is 42.3 Å².